The van der Waals surface area contributed by atoms with Gasteiger partial charge in [-0.3, -0.25) is 0 Å². The lowest BCUT2D eigenvalue weighted by molar-refractivity contribution is 0.0752. The van der Waals surface area contributed by atoms with Crippen LogP contribution in [0.4, 0.5) is 0 Å². The summed E-state index contributed by atoms with van der Waals surface area (Å²) in [5.74, 6) is 0.535. The first-order valence-corrected chi connectivity index (χ1v) is 8.78. The summed E-state index contributed by atoms with van der Waals surface area (Å²) in [6.07, 6.45) is 1.41. The number of benzene rings is 1. The summed E-state index contributed by atoms with van der Waals surface area (Å²) in [5.41, 5.74) is 1.05. The third-order valence-electron chi connectivity index (χ3n) is 3.36. The van der Waals surface area contributed by atoms with E-state index in [-0.39, 0.29) is 6.10 Å². The normalized spacial score (nSPS) is 21.6. The molecule has 0 saturated carbocycles. The van der Waals surface area contributed by atoms with E-state index < -0.39 is 10.0 Å². The maximum atomic E-state index is 12.6. The van der Waals surface area contributed by atoms with Gasteiger partial charge in [-0.15, -0.1) is 11.6 Å². The summed E-state index contributed by atoms with van der Waals surface area (Å²) < 4.78 is 32.2. The van der Waals surface area contributed by atoms with Gasteiger partial charge in [0, 0.05) is 25.6 Å². The number of halogens is 1. The van der Waals surface area contributed by atoms with Crippen molar-refractivity contribution in [2.45, 2.75) is 30.8 Å². The lowest BCUT2D eigenvalue weighted by Crippen LogP contribution is -2.35. The van der Waals surface area contributed by atoms with Crippen LogP contribution < -0.4 is 0 Å². The second-order valence-corrected chi connectivity index (χ2v) is 7.30. The predicted octanol–water partition coefficient (Wildman–Crippen LogP) is 2.27. The molecule has 1 heterocycles. The molecule has 1 aromatic rings. The van der Waals surface area contributed by atoms with Gasteiger partial charge >= 0.3 is 0 Å². The van der Waals surface area contributed by atoms with E-state index >= 15 is 0 Å². The number of alkyl halides is 1. The molecular formula is C14H20ClNO3S. The van der Waals surface area contributed by atoms with Crippen molar-refractivity contribution in [3.05, 3.63) is 29.8 Å². The number of aryl methyl sites for hydroxylation is 1. The van der Waals surface area contributed by atoms with Crippen LogP contribution in [0.3, 0.4) is 0 Å². The Morgan fingerprint density at radius 1 is 1.35 bits per heavy atom. The zero-order chi connectivity index (χ0) is 14.6. The lowest BCUT2D eigenvalue weighted by Gasteiger charge is -2.21. The number of hydrogen-bond acceptors (Lipinski definition) is 3. The average Bonchev–Trinajstić information content (AvgIpc) is 2.65. The van der Waals surface area contributed by atoms with Crippen LogP contribution in [-0.4, -0.2) is 44.4 Å². The summed E-state index contributed by atoms with van der Waals surface area (Å²) in [7, 11) is -3.43. The summed E-state index contributed by atoms with van der Waals surface area (Å²) >= 11 is 5.68. The Bertz CT molecular complexity index is 530. The van der Waals surface area contributed by atoms with Gasteiger partial charge in [-0.05, 0) is 37.5 Å². The molecule has 2 rings (SSSR count). The molecule has 1 aliphatic rings. The van der Waals surface area contributed by atoms with Gasteiger partial charge < -0.3 is 4.74 Å². The molecule has 0 aromatic heterocycles. The Morgan fingerprint density at radius 3 is 2.70 bits per heavy atom. The third-order valence-corrected chi connectivity index (χ3v) is 5.43. The van der Waals surface area contributed by atoms with Crippen LogP contribution >= 0.6 is 11.6 Å². The minimum Gasteiger partial charge on any atom is -0.377 e. The zero-order valence-corrected chi connectivity index (χ0v) is 13.2. The average molecular weight is 318 g/mol. The van der Waals surface area contributed by atoms with E-state index in [2.05, 4.69) is 0 Å². The maximum absolute atomic E-state index is 12.6. The third kappa shape index (κ3) is 3.73. The summed E-state index contributed by atoms with van der Waals surface area (Å²) in [6, 6.07) is 6.97. The molecule has 0 bridgehead atoms. The van der Waals surface area contributed by atoms with E-state index in [1.165, 1.54) is 4.31 Å². The molecule has 1 fully saturated rings. The van der Waals surface area contributed by atoms with Crippen molar-refractivity contribution < 1.29 is 13.2 Å². The van der Waals surface area contributed by atoms with Crippen molar-refractivity contribution in [1.29, 1.82) is 0 Å². The lowest BCUT2D eigenvalue weighted by atomic mass is 10.2. The highest BCUT2D eigenvalue weighted by Gasteiger charge is 2.27. The molecule has 112 valence electrons. The molecule has 0 aliphatic carbocycles. The predicted molar refractivity (Wildman–Crippen MR) is 79.7 cm³/mol. The zero-order valence-electron chi connectivity index (χ0n) is 11.6. The number of sulfonamides is 1. The number of nitrogens with zero attached hydrogens (tertiary/aromatic N) is 1. The van der Waals surface area contributed by atoms with Crippen molar-refractivity contribution in [2.24, 2.45) is 0 Å². The van der Waals surface area contributed by atoms with Crippen molar-refractivity contribution in [1.82, 2.24) is 4.31 Å². The molecule has 1 aliphatic heterocycles. The molecule has 0 radical (unpaired) electrons. The topological polar surface area (TPSA) is 46.6 Å². The highest BCUT2D eigenvalue weighted by molar-refractivity contribution is 7.89. The van der Waals surface area contributed by atoms with E-state index in [1.807, 2.05) is 19.1 Å². The Balaban J connectivity index is 2.20. The Kier molecular flexibility index (Phi) is 5.43. The van der Waals surface area contributed by atoms with Crippen LogP contribution in [0.15, 0.2) is 29.2 Å². The van der Waals surface area contributed by atoms with Crippen LogP contribution in [0.2, 0.25) is 0 Å². The molecule has 1 atom stereocenters. The van der Waals surface area contributed by atoms with E-state index in [0.717, 1.165) is 18.4 Å². The fourth-order valence-electron chi connectivity index (χ4n) is 2.26. The van der Waals surface area contributed by atoms with Gasteiger partial charge in [0.15, 0.2) is 0 Å². The van der Waals surface area contributed by atoms with Gasteiger partial charge in [0.05, 0.1) is 11.0 Å². The van der Waals surface area contributed by atoms with Gasteiger partial charge in [-0.2, -0.15) is 4.31 Å². The molecule has 1 unspecified atom stereocenters. The molecule has 0 spiro atoms. The van der Waals surface area contributed by atoms with Gasteiger partial charge in [0.1, 0.15) is 0 Å². The van der Waals surface area contributed by atoms with E-state index in [9.17, 15) is 8.42 Å². The fraction of sp³-hybridized carbons (Fsp3) is 0.571. The second-order valence-electron chi connectivity index (χ2n) is 4.98. The Morgan fingerprint density at radius 2 is 2.05 bits per heavy atom. The first-order valence-electron chi connectivity index (χ1n) is 6.80. The minimum absolute atomic E-state index is 0.0669. The molecule has 20 heavy (non-hydrogen) atoms. The highest BCUT2D eigenvalue weighted by Crippen LogP contribution is 2.19. The molecule has 6 heteroatoms. The number of hydrogen-bond donors (Lipinski definition) is 0. The molecule has 1 saturated heterocycles. The van der Waals surface area contributed by atoms with E-state index in [0.29, 0.717) is 30.5 Å². The summed E-state index contributed by atoms with van der Waals surface area (Å²) in [5, 5.41) is 0. The molecule has 1 aromatic carbocycles. The monoisotopic (exact) mass is 317 g/mol. The van der Waals surface area contributed by atoms with Crippen LogP contribution in [-0.2, 0) is 21.2 Å². The molecule has 0 N–H and O–H groups in total. The van der Waals surface area contributed by atoms with Crippen LogP contribution in [0.5, 0.6) is 0 Å². The van der Waals surface area contributed by atoms with Crippen molar-refractivity contribution >= 4 is 21.6 Å². The van der Waals surface area contributed by atoms with Crippen molar-refractivity contribution in [3.63, 3.8) is 0 Å². The minimum atomic E-state index is -3.43. The van der Waals surface area contributed by atoms with E-state index in [1.54, 1.807) is 12.1 Å². The summed E-state index contributed by atoms with van der Waals surface area (Å²) in [6.45, 7) is 3.43. The molecule has 4 nitrogen and oxygen atoms in total. The maximum Gasteiger partial charge on any atom is 0.243 e. The van der Waals surface area contributed by atoms with Crippen molar-refractivity contribution in [2.75, 3.05) is 25.6 Å². The van der Waals surface area contributed by atoms with E-state index in [4.69, 9.17) is 16.3 Å². The Hall–Kier alpha value is -0.620. The highest BCUT2D eigenvalue weighted by atomic mass is 35.5. The standard InChI is InChI=1S/C14H20ClNO3S/c1-12-11-16(9-2-10-19-12)20(17,18)14-5-3-13(4-6-14)7-8-15/h3-6,12H,2,7-11H2,1H3. The van der Waals surface area contributed by atoms with Gasteiger partial charge in [-0.1, -0.05) is 12.1 Å². The summed E-state index contributed by atoms with van der Waals surface area (Å²) in [4.78, 5) is 0.338. The van der Waals surface area contributed by atoms with Gasteiger partial charge in [-0.25, -0.2) is 8.42 Å². The van der Waals surface area contributed by atoms with Crippen molar-refractivity contribution in [3.8, 4) is 0 Å². The SMILES string of the molecule is CC1CN(S(=O)(=O)c2ccc(CCCl)cc2)CCCO1. The Labute approximate surface area is 125 Å². The molecule has 0 amide bonds. The molecular weight excluding hydrogens is 298 g/mol. The van der Waals surface area contributed by atoms with Gasteiger partial charge in [0.2, 0.25) is 10.0 Å². The first kappa shape index (κ1) is 15.8. The smallest absolute Gasteiger partial charge is 0.243 e. The quantitative estimate of drug-likeness (QED) is 0.800. The van der Waals surface area contributed by atoms with Crippen LogP contribution in [0.25, 0.3) is 0 Å². The largest absolute Gasteiger partial charge is 0.377 e. The number of rotatable bonds is 4. The second kappa shape index (κ2) is 6.89. The van der Waals surface area contributed by atoms with Crippen LogP contribution in [0, 0.1) is 0 Å². The number of ether oxygens (including phenoxy) is 1. The van der Waals surface area contributed by atoms with Crippen LogP contribution in [0.1, 0.15) is 18.9 Å². The first-order chi connectivity index (χ1) is 9.54. The fourth-order valence-corrected chi connectivity index (χ4v) is 4.03. The van der Waals surface area contributed by atoms with Gasteiger partial charge in [0.25, 0.3) is 0 Å².